The van der Waals surface area contributed by atoms with E-state index < -0.39 is 0 Å². The quantitative estimate of drug-likeness (QED) is 0.713. The lowest BCUT2D eigenvalue weighted by molar-refractivity contribution is 0.281. The van der Waals surface area contributed by atoms with E-state index in [0.717, 1.165) is 28.0 Å². The van der Waals surface area contributed by atoms with Crippen molar-refractivity contribution in [2.75, 3.05) is 7.11 Å². The summed E-state index contributed by atoms with van der Waals surface area (Å²) < 4.78 is 5.25. The molecule has 0 unspecified atom stereocenters. The number of H-pyrrole nitrogens is 1. The third-order valence-corrected chi connectivity index (χ3v) is 3.45. The zero-order valence-electron chi connectivity index (χ0n) is 11.8. The maximum Gasteiger partial charge on any atom is 0.119 e. The van der Waals surface area contributed by atoms with Crippen molar-refractivity contribution in [1.29, 1.82) is 0 Å². The molecule has 106 valence electrons. The average molecular weight is 279 g/mol. The molecule has 2 N–H and O–H groups in total. The Hall–Kier alpha value is -2.52. The van der Waals surface area contributed by atoms with Crippen molar-refractivity contribution in [2.24, 2.45) is 0 Å². The van der Waals surface area contributed by atoms with Crippen molar-refractivity contribution < 1.29 is 9.84 Å². The van der Waals surface area contributed by atoms with E-state index in [1.54, 1.807) is 7.11 Å². The largest absolute Gasteiger partial charge is 0.497 e. The van der Waals surface area contributed by atoms with Gasteiger partial charge in [0.1, 0.15) is 5.75 Å². The smallest absolute Gasteiger partial charge is 0.119 e. The summed E-state index contributed by atoms with van der Waals surface area (Å²) in [5.41, 5.74) is 4.12. The van der Waals surface area contributed by atoms with Gasteiger partial charge in [0.15, 0.2) is 0 Å². The lowest BCUT2D eigenvalue weighted by Crippen LogP contribution is -1.89. The molecule has 0 spiro atoms. The molecule has 21 heavy (non-hydrogen) atoms. The molecule has 0 saturated heterocycles. The third-order valence-electron chi connectivity index (χ3n) is 3.45. The van der Waals surface area contributed by atoms with Crippen molar-refractivity contribution >= 4 is 23.1 Å². The van der Waals surface area contributed by atoms with Crippen LogP contribution in [-0.2, 0) is 6.61 Å². The van der Waals surface area contributed by atoms with Gasteiger partial charge in [-0.25, -0.2) is 0 Å². The minimum absolute atomic E-state index is 0.00729. The summed E-state index contributed by atoms with van der Waals surface area (Å²) >= 11 is 0. The fourth-order valence-electron chi connectivity index (χ4n) is 2.36. The van der Waals surface area contributed by atoms with Gasteiger partial charge in [-0.3, -0.25) is 0 Å². The first-order valence-electron chi connectivity index (χ1n) is 6.82. The molecule has 0 radical (unpaired) electrons. The van der Waals surface area contributed by atoms with E-state index in [1.165, 1.54) is 5.39 Å². The number of ether oxygens (including phenoxy) is 1. The maximum absolute atomic E-state index is 9.28. The number of benzene rings is 2. The van der Waals surface area contributed by atoms with Crippen LogP contribution in [0.15, 0.2) is 48.7 Å². The summed E-state index contributed by atoms with van der Waals surface area (Å²) in [5, 5.41) is 10.5. The molecule has 0 bridgehead atoms. The van der Waals surface area contributed by atoms with Gasteiger partial charge in [0.25, 0.3) is 0 Å². The molecule has 1 heterocycles. The topological polar surface area (TPSA) is 45.2 Å². The number of nitrogens with one attached hydrogen (secondary N) is 1. The number of aromatic nitrogens is 1. The molecule has 1 aromatic heterocycles. The number of methoxy groups -OCH3 is 1. The van der Waals surface area contributed by atoms with Crippen LogP contribution in [0.3, 0.4) is 0 Å². The van der Waals surface area contributed by atoms with Crippen LogP contribution < -0.4 is 4.74 Å². The molecule has 0 aliphatic carbocycles. The first kappa shape index (κ1) is 13.5. The highest BCUT2D eigenvalue weighted by Gasteiger charge is 1.99. The van der Waals surface area contributed by atoms with Crippen molar-refractivity contribution in [3.63, 3.8) is 0 Å². The summed E-state index contributed by atoms with van der Waals surface area (Å²) in [6.45, 7) is 0.00729. The van der Waals surface area contributed by atoms with Gasteiger partial charge in [-0.05, 0) is 58.5 Å². The fourth-order valence-corrected chi connectivity index (χ4v) is 2.36. The summed E-state index contributed by atoms with van der Waals surface area (Å²) in [7, 11) is 1.63. The molecule has 0 fully saturated rings. The van der Waals surface area contributed by atoms with Crippen LogP contribution in [0.1, 0.15) is 16.7 Å². The van der Waals surface area contributed by atoms with Gasteiger partial charge in [0.2, 0.25) is 0 Å². The predicted molar refractivity (Wildman–Crippen MR) is 86.1 cm³/mol. The lowest BCUT2D eigenvalue weighted by Gasteiger charge is -2.05. The van der Waals surface area contributed by atoms with Gasteiger partial charge in [-0.1, -0.05) is 18.2 Å². The third kappa shape index (κ3) is 2.98. The molecule has 0 amide bonds. The standard InChI is InChI=1S/C18H17NO2/c1-21-17-10-14(8-15(11-17)12-20)3-2-13-4-5-18-16(9-13)6-7-19-18/h2-11,19-20H,12H2,1H3/b3-2-. The number of rotatable bonds is 4. The van der Waals surface area contributed by atoms with Crippen LogP contribution in [0.5, 0.6) is 5.75 Å². The van der Waals surface area contributed by atoms with E-state index >= 15 is 0 Å². The summed E-state index contributed by atoms with van der Waals surface area (Å²) in [6, 6.07) is 14.1. The van der Waals surface area contributed by atoms with Crippen LogP contribution in [-0.4, -0.2) is 17.2 Å². The highest BCUT2D eigenvalue weighted by atomic mass is 16.5. The second-order valence-corrected chi connectivity index (χ2v) is 4.93. The highest BCUT2D eigenvalue weighted by Crippen LogP contribution is 2.20. The van der Waals surface area contributed by atoms with Gasteiger partial charge in [-0.15, -0.1) is 0 Å². The Labute approximate surface area is 123 Å². The van der Waals surface area contributed by atoms with Crippen LogP contribution in [0.25, 0.3) is 23.1 Å². The number of aliphatic hydroxyl groups excluding tert-OH is 1. The molecule has 0 aliphatic heterocycles. The Morgan fingerprint density at radius 2 is 1.90 bits per heavy atom. The zero-order chi connectivity index (χ0) is 14.7. The highest BCUT2D eigenvalue weighted by molar-refractivity contribution is 5.83. The summed E-state index contributed by atoms with van der Waals surface area (Å²) in [4.78, 5) is 3.18. The van der Waals surface area contributed by atoms with Gasteiger partial charge in [0.05, 0.1) is 13.7 Å². The van der Waals surface area contributed by atoms with Crippen molar-refractivity contribution in [3.8, 4) is 5.75 Å². The first-order chi connectivity index (χ1) is 10.3. The van der Waals surface area contributed by atoms with E-state index in [2.05, 4.69) is 35.3 Å². The Balaban J connectivity index is 1.90. The Morgan fingerprint density at radius 1 is 1.05 bits per heavy atom. The normalized spacial score (nSPS) is 11.3. The molecule has 0 atom stereocenters. The summed E-state index contributed by atoms with van der Waals surface area (Å²) in [6.07, 6.45) is 6.02. The molecule has 3 rings (SSSR count). The average Bonchev–Trinajstić information content (AvgIpc) is 3.00. The maximum atomic E-state index is 9.28. The first-order valence-corrected chi connectivity index (χ1v) is 6.82. The number of hydrogen-bond acceptors (Lipinski definition) is 2. The van der Waals surface area contributed by atoms with Crippen LogP contribution >= 0.6 is 0 Å². The molecule has 0 aliphatic rings. The van der Waals surface area contributed by atoms with Gasteiger partial charge in [-0.2, -0.15) is 0 Å². The van der Waals surface area contributed by atoms with Crippen LogP contribution in [0, 0.1) is 0 Å². The van der Waals surface area contributed by atoms with Gasteiger partial charge in [0, 0.05) is 11.7 Å². The van der Waals surface area contributed by atoms with E-state index in [-0.39, 0.29) is 6.61 Å². The molecule has 0 saturated carbocycles. The second kappa shape index (κ2) is 5.85. The molecular weight excluding hydrogens is 262 g/mol. The Morgan fingerprint density at radius 3 is 2.71 bits per heavy atom. The fraction of sp³-hybridized carbons (Fsp3) is 0.111. The SMILES string of the molecule is COc1cc(/C=C\c2ccc3[nH]ccc3c2)cc(CO)c1. The summed E-state index contributed by atoms with van der Waals surface area (Å²) in [5.74, 6) is 0.752. The minimum atomic E-state index is 0.00729. The Bertz CT molecular complexity index is 765. The van der Waals surface area contributed by atoms with E-state index in [4.69, 9.17) is 4.74 Å². The van der Waals surface area contributed by atoms with Crippen molar-refractivity contribution in [2.45, 2.75) is 6.61 Å². The minimum Gasteiger partial charge on any atom is -0.497 e. The van der Waals surface area contributed by atoms with Crippen molar-refractivity contribution in [3.05, 3.63) is 65.4 Å². The van der Waals surface area contributed by atoms with Crippen LogP contribution in [0.2, 0.25) is 0 Å². The van der Waals surface area contributed by atoms with E-state index in [1.807, 2.05) is 30.5 Å². The number of aliphatic hydroxyl groups is 1. The Kier molecular flexibility index (Phi) is 3.75. The molecule has 3 aromatic rings. The lowest BCUT2D eigenvalue weighted by atomic mass is 10.1. The molecule has 3 nitrogen and oxygen atoms in total. The van der Waals surface area contributed by atoms with Crippen LogP contribution in [0.4, 0.5) is 0 Å². The predicted octanol–water partition coefficient (Wildman–Crippen LogP) is 3.84. The number of hydrogen-bond donors (Lipinski definition) is 2. The van der Waals surface area contributed by atoms with Crippen molar-refractivity contribution in [1.82, 2.24) is 4.98 Å². The molecular formula is C18H17NO2. The van der Waals surface area contributed by atoms with Gasteiger partial charge < -0.3 is 14.8 Å². The molecule has 3 heteroatoms. The van der Waals surface area contributed by atoms with E-state index in [9.17, 15) is 5.11 Å². The van der Waals surface area contributed by atoms with E-state index in [0.29, 0.717) is 0 Å². The second-order valence-electron chi connectivity index (χ2n) is 4.93. The zero-order valence-corrected chi connectivity index (χ0v) is 11.8. The molecule has 2 aromatic carbocycles. The number of fused-ring (bicyclic) bond motifs is 1. The monoisotopic (exact) mass is 279 g/mol. The van der Waals surface area contributed by atoms with Gasteiger partial charge >= 0.3 is 0 Å². The number of aromatic amines is 1.